The Bertz CT molecular complexity index is 262. The van der Waals surface area contributed by atoms with Crippen LogP contribution in [0.5, 0.6) is 0 Å². The topological polar surface area (TPSA) is 21.3 Å². The average Bonchev–Trinajstić information content (AvgIpc) is 3.04. The first-order valence-electron chi connectivity index (χ1n) is 8.04. The van der Waals surface area contributed by atoms with Gasteiger partial charge in [-0.1, -0.05) is 19.3 Å². The number of fused-ring (bicyclic) bond motifs is 1. The van der Waals surface area contributed by atoms with Crippen molar-refractivity contribution in [2.45, 2.75) is 51.4 Å². The minimum absolute atomic E-state index is 0.668. The van der Waals surface area contributed by atoms with E-state index in [0.29, 0.717) is 5.41 Å². The van der Waals surface area contributed by atoms with Gasteiger partial charge in [0.1, 0.15) is 0 Å². The summed E-state index contributed by atoms with van der Waals surface area (Å²) in [7, 11) is 1.79. The van der Waals surface area contributed by atoms with Gasteiger partial charge < -0.3 is 10.1 Å². The molecule has 1 N–H and O–H groups in total. The molecule has 18 heavy (non-hydrogen) atoms. The van der Waals surface area contributed by atoms with Crippen LogP contribution in [0.3, 0.4) is 0 Å². The Hall–Kier alpha value is -0.0800. The summed E-state index contributed by atoms with van der Waals surface area (Å²) in [6.45, 7) is 3.14. The molecule has 0 amide bonds. The standard InChI is InChI=1S/C16H29NO/c1-18-8-7-17-12-16(10-13-9-14(13)11-16)15-5-3-2-4-6-15/h13-15,17H,2-12H2,1H3. The molecule has 0 aromatic carbocycles. The van der Waals surface area contributed by atoms with E-state index in [-0.39, 0.29) is 0 Å². The molecule has 2 nitrogen and oxygen atoms in total. The molecule has 0 aromatic heterocycles. The molecule has 2 atom stereocenters. The van der Waals surface area contributed by atoms with E-state index in [0.717, 1.165) is 30.9 Å². The molecule has 0 bridgehead atoms. The van der Waals surface area contributed by atoms with Crippen LogP contribution in [0.15, 0.2) is 0 Å². The first-order valence-corrected chi connectivity index (χ1v) is 8.04. The Balaban J connectivity index is 1.57. The van der Waals surface area contributed by atoms with E-state index in [9.17, 15) is 0 Å². The van der Waals surface area contributed by atoms with Crippen molar-refractivity contribution < 1.29 is 4.74 Å². The summed E-state index contributed by atoms with van der Waals surface area (Å²) in [6, 6.07) is 0. The van der Waals surface area contributed by atoms with Gasteiger partial charge in [-0.05, 0) is 55.3 Å². The van der Waals surface area contributed by atoms with Crippen LogP contribution in [0, 0.1) is 23.2 Å². The normalized spacial score (nSPS) is 39.8. The second-order valence-corrected chi connectivity index (χ2v) is 7.03. The van der Waals surface area contributed by atoms with Gasteiger partial charge in [0.15, 0.2) is 0 Å². The smallest absolute Gasteiger partial charge is 0.0587 e. The van der Waals surface area contributed by atoms with Crippen molar-refractivity contribution >= 4 is 0 Å². The van der Waals surface area contributed by atoms with Crippen LogP contribution in [-0.2, 0) is 4.74 Å². The predicted octanol–water partition coefficient (Wildman–Crippen LogP) is 3.22. The fourth-order valence-electron chi connectivity index (χ4n) is 4.79. The predicted molar refractivity (Wildman–Crippen MR) is 74.6 cm³/mol. The molecule has 0 heterocycles. The van der Waals surface area contributed by atoms with Gasteiger partial charge in [0.2, 0.25) is 0 Å². The van der Waals surface area contributed by atoms with Crippen molar-refractivity contribution in [2.75, 3.05) is 26.8 Å². The Kier molecular flexibility index (Phi) is 3.95. The zero-order chi connectivity index (χ0) is 12.4. The van der Waals surface area contributed by atoms with Crippen molar-refractivity contribution in [3.05, 3.63) is 0 Å². The summed E-state index contributed by atoms with van der Waals surface area (Å²) in [5.74, 6) is 3.24. The molecule has 3 aliphatic rings. The molecule has 3 rings (SSSR count). The molecule has 0 radical (unpaired) electrons. The molecule has 0 aromatic rings. The summed E-state index contributed by atoms with van der Waals surface area (Å²) < 4.78 is 5.15. The van der Waals surface area contributed by atoms with Crippen molar-refractivity contribution in [3.8, 4) is 0 Å². The number of nitrogens with one attached hydrogen (secondary N) is 1. The number of rotatable bonds is 6. The van der Waals surface area contributed by atoms with E-state index in [4.69, 9.17) is 4.74 Å². The highest BCUT2D eigenvalue weighted by Crippen LogP contribution is 2.63. The van der Waals surface area contributed by atoms with E-state index >= 15 is 0 Å². The molecule has 3 fully saturated rings. The Morgan fingerprint density at radius 1 is 1.11 bits per heavy atom. The van der Waals surface area contributed by atoms with Gasteiger partial charge in [-0.3, -0.25) is 0 Å². The maximum Gasteiger partial charge on any atom is 0.0587 e. The lowest BCUT2D eigenvalue weighted by molar-refractivity contribution is 0.1000. The van der Waals surface area contributed by atoms with Gasteiger partial charge in [-0.25, -0.2) is 0 Å². The van der Waals surface area contributed by atoms with E-state index in [1.54, 1.807) is 13.5 Å². The quantitative estimate of drug-likeness (QED) is 0.732. The maximum atomic E-state index is 5.15. The first kappa shape index (κ1) is 12.9. The lowest BCUT2D eigenvalue weighted by Gasteiger charge is -2.41. The van der Waals surface area contributed by atoms with E-state index < -0.39 is 0 Å². The summed E-state index contributed by atoms with van der Waals surface area (Å²) >= 11 is 0. The molecule has 2 heteroatoms. The number of ether oxygens (including phenoxy) is 1. The van der Waals surface area contributed by atoms with Crippen LogP contribution in [-0.4, -0.2) is 26.8 Å². The van der Waals surface area contributed by atoms with Gasteiger partial charge in [-0.2, -0.15) is 0 Å². The molecule has 3 saturated carbocycles. The van der Waals surface area contributed by atoms with Crippen molar-refractivity contribution in [1.29, 1.82) is 0 Å². The van der Waals surface area contributed by atoms with Crippen LogP contribution in [0.2, 0.25) is 0 Å². The lowest BCUT2D eigenvalue weighted by atomic mass is 9.66. The van der Waals surface area contributed by atoms with E-state index in [1.165, 1.54) is 51.5 Å². The van der Waals surface area contributed by atoms with Crippen LogP contribution in [0.4, 0.5) is 0 Å². The summed E-state index contributed by atoms with van der Waals surface area (Å²) in [6.07, 6.45) is 12.1. The highest BCUT2D eigenvalue weighted by Gasteiger charge is 2.55. The highest BCUT2D eigenvalue weighted by atomic mass is 16.5. The summed E-state index contributed by atoms with van der Waals surface area (Å²) in [5, 5.41) is 3.68. The third-order valence-corrected chi connectivity index (χ3v) is 5.84. The molecule has 0 saturated heterocycles. The van der Waals surface area contributed by atoms with Gasteiger partial charge in [0, 0.05) is 20.2 Å². The lowest BCUT2D eigenvalue weighted by Crippen LogP contribution is -2.41. The average molecular weight is 251 g/mol. The van der Waals surface area contributed by atoms with Crippen molar-refractivity contribution in [2.24, 2.45) is 23.2 Å². The Morgan fingerprint density at radius 3 is 2.50 bits per heavy atom. The zero-order valence-corrected chi connectivity index (χ0v) is 11.9. The van der Waals surface area contributed by atoms with Gasteiger partial charge in [0.05, 0.1) is 6.61 Å². The van der Waals surface area contributed by atoms with E-state index in [1.807, 2.05) is 0 Å². The van der Waals surface area contributed by atoms with Gasteiger partial charge >= 0.3 is 0 Å². The summed E-state index contributed by atoms with van der Waals surface area (Å²) in [4.78, 5) is 0. The summed E-state index contributed by atoms with van der Waals surface area (Å²) in [5.41, 5.74) is 0.668. The third-order valence-electron chi connectivity index (χ3n) is 5.84. The monoisotopic (exact) mass is 251 g/mol. The second kappa shape index (κ2) is 5.50. The first-order chi connectivity index (χ1) is 8.84. The molecular weight excluding hydrogens is 222 g/mol. The molecule has 3 aliphatic carbocycles. The molecular formula is C16H29NO. The van der Waals surface area contributed by atoms with Crippen molar-refractivity contribution in [3.63, 3.8) is 0 Å². The SMILES string of the molecule is COCCNCC1(C2CCCCC2)CC2CC2C1. The Labute approximate surface area is 112 Å². The minimum atomic E-state index is 0.668. The fourth-order valence-corrected chi connectivity index (χ4v) is 4.79. The van der Waals surface area contributed by atoms with Crippen molar-refractivity contribution in [1.82, 2.24) is 5.32 Å². The Morgan fingerprint density at radius 2 is 1.83 bits per heavy atom. The zero-order valence-electron chi connectivity index (χ0n) is 11.9. The second-order valence-electron chi connectivity index (χ2n) is 7.03. The molecule has 0 spiro atoms. The van der Waals surface area contributed by atoms with Crippen LogP contribution >= 0.6 is 0 Å². The molecule has 2 unspecified atom stereocenters. The maximum absolute atomic E-state index is 5.15. The van der Waals surface area contributed by atoms with Gasteiger partial charge in [-0.15, -0.1) is 0 Å². The molecule has 104 valence electrons. The molecule has 0 aliphatic heterocycles. The largest absolute Gasteiger partial charge is 0.383 e. The highest BCUT2D eigenvalue weighted by molar-refractivity contribution is 5.06. The number of hydrogen-bond donors (Lipinski definition) is 1. The third kappa shape index (κ3) is 2.60. The number of hydrogen-bond acceptors (Lipinski definition) is 2. The number of methoxy groups -OCH3 is 1. The fraction of sp³-hybridized carbons (Fsp3) is 1.00. The van der Waals surface area contributed by atoms with Crippen LogP contribution in [0.25, 0.3) is 0 Å². The van der Waals surface area contributed by atoms with Crippen LogP contribution < -0.4 is 5.32 Å². The van der Waals surface area contributed by atoms with Crippen LogP contribution in [0.1, 0.15) is 51.4 Å². The van der Waals surface area contributed by atoms with Gasteiger partial charge in [0.25, 0.3) is 0 Å². The minimum Gasteiger partial charge on any atom is -0.383 e. The van der Waals surface area contributed by atoms with E-state index in [2.05, 4.69) is 5.32 Å².